The van der Waals surface area contributed by atoms with Crippen LogP contribution >= 0.6 is 22.6 Å². The predicted octanol–water partition coefficient (Wildman–Crippen LogP) is 2.63. The Labute approximate surface area is 103 Å². The van der Waals surface area contributed by atoms with Crippen LogP contribution in [0.5, 0.6) is 0 Å². The van der Waals surface area contributed by atoms with Crippen LogP contribution in [-0.2, 0) is 4.74 Å². The molecule has 0 spiro atoms. The molecule has 0 bridgehead atoms. The quantitative estimate of drug-likeness (QED) is 0.448. The van der Waals surface area contributed by atoms with Crippen LogP contribution in [0.2, 0.25) is 4.82 Å². The van der Waals surface area contributed by atoms with Gasteiger partial charge in [-0.05, 0) is 0 Å². The molecule has 2 rings (SSSR count). The van der Waals surface area contributed by atoms with Crippen molar-refractivity contribution in [2.24, 2.45) is 4.99 Å². The molecule has 1 aromatic rings. The number of ether oxygens (including phenoxy) is 1. The Morgan fingerprint density at radius 2 is 2.21 bits per heavy atom. The molecule has 74 valence electrons. The number of para-hydroxylation sites is 1. The van der Waals surface area contributed by atoms with Gasteiger partial charge in [-0.1, -0.05) is 0 Å². The first-order valence-electron chi connectivity index (χ1n) is 4.37. The molecule has 0 saturated carbocycles. The van der Waals surface area contributed by atoms with Crippen LogP contribution in [-0.4, -0.2) is 30.8 Å². The van der Waals surface area contributed by atoms with Gasteiger partial charge >= 0.3 is 104 Å². The molecule has 1 heterocycles. The maximum atomic E-state index is 5.53. The van der Waals surface area contributed by atoms with Gasteiger partial charge in [-0.15, -0.1) is 0 Å². The summed E-state index contributed by atoms with van der Waals surface area (Å²) in [4.78, 5) is 6.14. The zero-order valence-corrected chi connectivity index (χ0v) is 11.4. The summed E-state index contributed by atoms with van der Waals surface area (Å²) in [6.45, 7) is 0.856. The first-order valence-corrected chi connectivity index (χ1v) is 7.75. The van der Waals surface area contributed by atoms with Crippen molar-refractivity contribution >= 4 is 48.0 Å². The van der Waals surface area contributed by atoms with E-state index in [1.54, 1.807) is 0 Å². The molecular weight excluding hydrogens is 356 g/mol. The number of rotatable bonds is 2. The molecule has 1 unspecified atom stereocenters. The molecule has 2 nitrogen and oxygen atoms in total. The molecule has 1 aromatic carbocycles. The third-order valence-electron chi connectivity index (χ3n) is 1.81. The van der Waals surface area contributed by atoms with Crippen molar-refractivity contribution < 1.29 is 4.74 Å². The summed E-state index contributed by atoms with van der Waals surface area (Å²) in [5, 5.41) is 0. The molecule has 1 saturated heterocycles. The second-order valence-electron chi connectivity index (χ2n) is 2.92. The van der Waals surface area contributed by atoms with E-state index < -0.39 is 0 Å². The van der Waals surface area contributed by atoms with E-state index in [2.05, 4.69) is 27.6 Å². The van der Waals surface area contributed by atoms with Gasteiger partial charge in [0.2, 0.25) is 0 Å². The second kappa shape index (κ2) is 5.14. The summed E-state index contributed by atoms with van der Waals surface area (Å²) in [6.07, 6.45) is 0. The minimum absolute atomic E-state index is 0.428. The predicted molar refractivity (Wildman–Crippen MR) is 67.9 cm³/mol. The third-order valence-corrected chi connectivity index (χ3v) is 6.41. The van der Waals surface area contributed by atoms with Crippen molar-refractivity contribution in [1.29, 1.82) is 0 Å². The third kappa shape index (κ3) is 2.72. The molecular formula is C10H10INOSe. The second-order valence-corrected chi connectivity index (χ2v) is 6.43. The van der Waals surface area contributed by atoms with E-state index in [0.29, 0.717) is 19.8 Å². The number of aliphatic imine (C=N–C) groups is 1. The van der Waals surface area contributed by atoms with Crippen LogP contribution in [0.4, 0.5) is 5.69 Å². The molecule has 0 radical (unpaired) electrons. The Morgan fingerprint density at radius 3 is 2.86 bits per heavy atom. The molecule has 1 atom stereocenters. The molecule has 0 aliphatic carbocycles. The molecule has 4 heteroatoms. The Bertz CT molecular complexity index is 328. The summed E-state index contributed by atoms with van der Waals surface area (Å²) in [6, 6.07) is 10.00. The van der Waals surface area contributed by atoms with Crippen LogP contribution in [0.3, 0.4) is 0 Å². The van der Waals surface area contributed by atoms with Gasteiger partial charge in [-0.3, -0.25) is 0 Å². The van der Waals surface area contributed by atoms with E-state index in [-0.39, 0.29) is 0 Å². The van der Waals surface area contributed by atoms with Crippen molar-refractivity contribution in [1.82, 2.24) is 0 Å². The fourth-order valence-corrected chi connectivity index (χ4v) is 3.94. The van der Waals surface area contributed by atoms with Gasteiger partial charge in [-0.25, -0.2) is 0 Å². The van der Waals surface area contributed by atoms with Gasteiger partial charge in [0.05, 0.1) is 0 Å². The number of nitrogens with zero attached hydrogens (tertiary/aromatic N) is 1. The Kier molecular flexibility index (Phi) is 3.84. The van der Waals surface area contributed by atoms with E-state index in [9.17, 15) is 0 Å². The Hall–Kier alpha value is -0.0605. The van der Waals surface area contributed by atoms with Crippen LogP contribution < -0.4 is 0 Å². The maximum absolute atomic E-state index is 5.53. The number of alkyl halides is 1. The first-order chi connectivity index (χ1) is 6.88. The summed E-state index contributed by atoms with van der Waals surface area (Å²) < 4.78 is 6.71. The van der Waals surface area contributed by atoms with Crippen molar-refractivity contribution in [2.75, 3.05) is 11.0 Å². The van der Waals surface area contributed by atoms with E-state index in [0.717, 1.165) is 17.1 Å². The summed E-state index contributed by atoms with van der Waals surface area (Å²) in [7, 11) is 0. The van der Waals surface area contributed by atoms with Crippen LogP contribution in [0.25, 0.3) is 0 Å². The SMILES string of the molecule is ICC1COC(=Nc2ccccc2)[Se]1. The van der Waals surface area contributed by atoms with Crippen LogP contribution in [0, 0.1) is 0 Å². The Balaban J connectivity index is 2.06. The topological polar surface area (TPSA) is 21.6 Å². The molecule has 14 heavy (non-hydrogen) atoms. The van der Waals surface area contributed by atoms with Crippen LogP contribution in [0.15, 0.2) is 35.3 Å². The van der Waals surface area contributed by atoms with Gasteiger partial charge in [0.15, 0.2) is 0 Å². The van der Waals surface area contributed by atoms with Gasteiger partial charge < -0.3 is 0 Å². The number of halogens is 1. The molecule has 1 aliphatic rings. The number of hydrogen-bond acceptors (Lipinski definition) is 2. The monoisotopic (exact) mass is 367 g/mol. The number of hydrogen-bond donors (Lipinski definition) is 0. The van der Waals surface area contributed by atoms with Gasteiger partial charge in [0, 0.05) is 0 Å². The standard InChI is InChI=1S/C10H10INOSe/c11-6-9-7-13-10(14-9)12-8-4-2-1-3-5-8/h1-5,9H,6-7H2. The van der Waals surface area contributed by atoms with Gasteiger partial charge in [-0.2, -0.15) is 0 Å². The van der Waals surface area contributed by atoms with Crippen LogP contribution in [0.1, 0.15) is 0 Å². The average Bonchev–Trinajstić information content (AvgIpc) is 2.67. The first kappa shape index (κ1) is 10.5. The summed E-state index contributed by atoms with van der Waals surface area (Å²) >= 11 is 2.84. The summed E-state index contributed by atoms with van der Waals surface area (Å²) in [5.41, 5.74) is 0.999. The normalized spacial score (nSPS) is 23.8. The van der Waals surface area contributed by atoms with E-state index in [1.807, 2.05) is 30.3 Å². The van der Waals surface area contributed by atoms with Crippen molar-refractivity contribution in [3.8, 4) is 0 Å². The molecule has 0 N–H and O–H groups in total. The zero-order chi connectivity index (χ0) is 9.80. The average molecular weight is 366 g/mol. The van der Waals surface area contributed by atoms with E-state index in [1.165, 1.54) is 4.43 Å². The molecule has 1 aliphatic heterocycles. The van der Waals surface area contributed by atoms with Crippen molar-refractivity contribution in [3.63, 3.8) is 0 Å². The molecule has 0 amide bonds. The summed E-state index contributed by atoms with van der Waals surface area (Å²) in [5.74, 6) is 0. The molecule has 1 fully saturated rings. The van der Waals surface area contributed by atoms with Gasteiger partial charge in [0.1, 0.15) is 0 Å². The van der Waals surface area contributed by atoms with E-state index in [4.69, 9.17) is 4.74 Å². The molecule has 0 aromatic heterocycles. The fraction of sp³-hybridized carbons (Fsp3) is 0.300. The Morgan fingerprint density at radius 1 is 1.43 bits per heavy atom. The zero-order valence-electron chi connectivity index (χ0n) is 7.52. The van der Waals surface area contributed by atoms with Gasteiger partial charge in [0.25, 0.3) is 0 Å². The van der Waals surface area contributed by atoms with E-state index >= 15 is 0 Å². The van der Waals surface area contributed by atoms with Crippen molar-refractivity contribution in [3.05, 3.63) is 30.3 Å². The van der Waals surface area contributed by atoms with Crippen molar-refractivity contribution in [2.45, 2.75) is 4.82 Å². The fourth-order valence-electron chi connectivity index (χ4n) is 1.12. The minimum atomic E-state index is 0.428. The number of benzene rings is 1.